The lowest BCUT2D eigenvalue weighted by molar-refractivity contribution is 0.395. The van der Waals surface area contributed by atoms with Crippen LogP contribution in [0.1, 0.15) is 50.4 Å². The summed E-state index contributed by atoms with van der Waals surface area (Å²) in [6, 6.07) is 7.66. The first-order chi connectivity index (χ1) is 8.08. The predicted octanol–water partition coefficient (Wildman–Crippen LogP) is 3.73. The molecule has 1 heteroatoms. The van der Waals surface area contributed by atoms with Crippen molar-refractivity contribution in [2.75, 3.05) is 6.54 Å². The fourth-order valence-corrected chi connectivity index (χ4v) is 2.83. The zero-order valence-electron chi connectivity index (χ0n) is 11.6. The molecule has 0 amide bonds. The Hall–Kier alpha value is -0.820. The van der Waals surface area contributed by atoms with E-state index in [9.17, 15) is 0 Å². The van der Waals surface area contributed by atoms with Crippen molar-refractivity contribution in [1.82, 2.24) is 5.32 Å². The lowest BCUT2D eigenvalue weighted by atomic mass is 9.86. The molecule has 17 heavy (non-hydrogen) atoms. The first kappa shape index (κ1) is 12.6. The lowest BCUT2D eigenvalue weighted by Gasteiger charge is -2.30. The molecule has 0 aliphatic carbocycles. The van der Waals surface area contributed by atoms with Gasteiger partial charge >= 0.3 is 0 Å². The van der Waals surface area contributed by atoms with Gasteiger partial charge in [0.2, 0.25) is 0 Å². The Bertz CT molecular complexity index is 379. The summed E-state index contributed by atoms with van der Waals surface area (Å²) in [5.74, 6) is 1.41. The Labute approximate surface area is 106 Å². The van der Waals surface area contributed by atoms with E-state index in [4.69, 9.17) is 0 Å². The molecule has 1 aliphatic rings. The largest absolute Gasteiger partial charge is 0.309 e. The average Bonchev–Trinajstić information content (AvgIpc) is 2.27. The molecule has 0 fully saturated rings. The molecule has 1 heterocycles. The molecule has 0 saturated carbocycles. The Morgan fingerprint density at radius 2 is 2.00 bits per heavy atom. The Balaban J connectivity index is 2.30. The number of hydrogen-bond acceptors (Lipinski definition) is 1. The summed E-state index contributed by atoms with van der Waals surface area (Å²) >= 11 is 0. The summed E-state index contributed by atoms with van der Waals surface area (Å²) in [5.41, 5.74) is 4.59. The highest BCUT2D eigenvalue weighted by Gasteiger charge is 2.22. The average molecular weight is 231 g/mol. The summed E-state index contributed by atoms with van der Waals surface area (Å²) in [6.45, 7) is 10.3. The molecule has 1 aliphatic heterocycles. The van der Waals surface area contributed by atoms with Crippen molar-refractivity contribution in [3.63, 3.8) is 0 Å². The van der Waals surface area contributed by atoms with Gasteiger partial charge in [-0.3, -0.25) is 0 Å². The maximum absolute atomic E-state index is 3.66. The summed E-state index contributed by atoms with van der Waals surface area (Å²) in [7, 11) is 0. The molecule has 1 nitrogen and oxygen atoms in total. The Morgan fingerprint density at radius 3 is 2.65 bits per heavy atom. The van der Waals surface area contributed by atoms with Crippen LogP contribution in [0.25, 0.3) is 0 Å². The van der Waals surface area contributed by atoms with Gasteiger partial charge in [0, 0.05) is 6.04 Å². The second-order valence-electron chi connectivity index (χ2n) is 6.06. The highest BCUT2D eigenvalue weighted by Crippen LogP contribution is 2.29. The van der Waals surface area contributed by atoms with Crippen LogP contribution in [0.3, 0.4) is 0 Å². The van der Waals surface area contributed by atoms with E-state index < -0.39 is 0 Å². The molecule has 0 bridgehead atoms. The Kier molecular flexibility index (Phi) is 3.88. The second-order valence-corrected chi connectivity index (χ2v) is 6.06. The second kappa shape index (κ2) is 5.22. The Morgan fingerprint density at radius 1 is 1.24 bits per heavy atom. The monoisotopic (exact) mass is 231 g/mol. The molecule has 1 N–H and O–H groups in total. The third-order valence-corrected chi connectivity index (χ3v) is 3.61. The van der Waals surface area contributed by atoms with Crippen LogP contribution in [0, 0.1) is 11.8 Å². The van der Waals surface area contributed by atoms with E-state index in [1.807, 2.05) is 0 Å². The van der Waals surface area contributed by atoms with Crippen LogP contribution >= 0.6 is 0 Å². The van der Waals surface area contributed by atoms with Gasteiger partial charge in [-0.15, -0.1) is 0 Å². The van der Waals surface area contributed by atoms with Gasteiger partial charge < -0.3 is 5.32 Å². The van der Waals surface area contributed by atoms with E-state index in [2.05, 4.69) is 51.2 Å². The fourth-order valence-electron chi connectivity index (χ4n) is 2.83. The van der Waals surface area contributed by atoms with E-state index in [1.165, 1.54) is 18.4 Å². The van der Waals surface area contributed by atoms with Gasteiger partial charge in [0.25, 0.3) is 0 Å². The molecular weight excluding hydrogens is 206 g/mol. The number of benzene rings is 1. The molecule has 1 atom stereocenters. The van der Waals surface area contributed by atoms with Gasteiger partial charge in [-0.1, -0.05) is 45.9 Å². The summed E-state index contributed by atoms with van der Waals surface area (Å²) < 4.78 is 0. The van der Waals surface area contributed by atoms with Gasteiger partial charge in [0.15, 0.2) is 0 Å². The van der Waals surface area contributed by atoms with Crippen molar-refractivity contribution in [3.05, 3.63) is 34.9 Å². The molecule has 0 aromatic heterocycles. The third-order valence-electron chi connectivity index (χ3n) is 3.61. The zero-order valence-corrected chi connectivity index (χ0v) is 11.6. The normalized spacial score (nSPS) is 19.8. The standard InChI is InChI=1S/C16H25N/c1-11(2)9-13-5-6-14-7-8-17-16(12(3)4)15(14)10-13/h5-6,10-12,16-17H,7-9H2,1-4H3. The summed E-state index contributed by atoms with van der Waals surface area (Å²) in [6.07, 6.45) is 2.37. The first-order valence-corrected chi connectivity index (χ1v) is 6.93. The van der Waals surface area contributed by atoms with E-state index in [-0.39, 0.29) is 0 Å². The van der Waals surface area contributed by atoms with Crippen LogP contribution in [0.5, 0.6) is 0 Å². The third kappa shape index (κ3) is 2.90. The minimum Gasteiger partial charge on any atom is -0.309 e. The molecule has 2 rings (SSSR count). The molecule has 1 aromatic rings. The van der Waals surface area contributed by atoms with Crippen molar-refractivity contribution in [2.24, 2.45) is 11.8 Å². The van der Waals surface area contributed by atoms with E-state index >= 15 is 0 Å². The van der Waals surface area contributed by atoms with Crippen molar-refractivity contribution < 1.29 is 0 Å². The van der Waals surface area contributed by atoms with Gasteiger partial charge in [0.05, 0.1) is 0 Å². The molecule has 1 aromatic carbocycles. The maximum Gasteiger partial charge on any atom is 0.0346 e. The van der Waals surface area contributed by atoms with Crippen LogP contribution in [0.2, 0.25) is 0 Å². The van der Waals surface area contributed by atoms with Crippen LogP contribution in [0.4, 0.5) is 0 Å². The van der Waals surface area contributed by atoms with Gasteiger partial charge in [-0.2, -0.15) is 0 Å². The number of hydrogen-bond donors (Lipinski definition) is 1. The quantitative estimate of drug-likeness (QED) is 0.836. The molecular formula is C16H25N. The topological polar surface area (TPSA) is 12.0 Å². The van der Waals surface area contributed by atoms with Gasteiger partial charge in [-0.05, 0) is 47.9 Å². The van der Waals surface area contributed by atoms with E-state index in [1.54, 1.807) is 11.1 Å². The summed E-state index contributed by atoms with van der Waals surface area (Å²) in [5, 5.41) is 3.66. The van der Waals surface area contributed by atoms with Crippen molar-refractivity contribution in [2.45, 2.75) is 46.6 Å². The van der Waals surface area contributed by atoms with Crippen LogP contribution in [-0.2, 0) is 12.8 Å². The molecule has 1 unspecified atom stereocenters. The first-order valence-electron chi connectivity index (χ1n) is 6.93. The van der Waals surface area contributed by atoms with Crippen molar-refractivity contribution >= 4 is 0 Å². The minimum absolute atomic E-state index is 0.547. The molecule has 0 radical (unpaired) electrons. The molecule has 94 valence electrons. The van der Waals surface area contributed by atoms with Crippen molar-refractivity contribution in [1.29, 1.82) is 0 Å². The van der Waals surface area contributed by atoms with Gasteiger partial charge in [-0.25, -0.2) is 0 Å². The number of nitrogens with one attached hydrogen (secondary N) is 1. The highest BCUT2D eigenvalue weighted by molar-refractivity contribution is 5.36. The van der Waals surface area contributed by atoms with Crippen molar-refractivity contribution in [3.8, 4) is 0 Å². The summed E-state index contributed by atoms with van der Waals surface area (Å²) in [4.78, 5) is 0. The smallest absolute Gasteiger partial charge is 0.0346 e. The lowest BCUT2D eigenvalue weighted by Crippen LogP contribution is -2.33. The predicted molar refractivity (Wildman–Crippen MR) is 74.3 cm³/mol. The number of fused-ring (bicyclic) bond motifs is 1. The minimum atomic E-state index is 0.547. The van der Waals surface area contributed by atoms with Gasteiger partial charge in [0.1, 0.15) is 0 Å². The molecule has 0 saturated heterocycles. The fraction of sp³-hybridized carbons (Fsp3) is 0.625. The molecule has 0 spiro atoms. The number of rotatable bonds is 3. The highest BCUT2D eigenvalue weighted by atomic mass is 14.9. The zero-order chi connectivity index (χ0) is 12.4. The van der Waals surface area contributed by atoms with Crippen LogP contribution in [-0.4, -0.2) is 6.54 Å². The van der Waals surface area contributed by atoms with E-state index in [0.717, 1.165) is 12.5 Å². The SMILES string of the molecule is CC(C)Cc1ccc2c(c1)C(C(C)C)NCC2. The maximum atomic E-state index is 3.66. The van der Waals surface area contributed by atoms with E-state index in [0.29, 0.717) is 12.0 Å². The van der Waals surface area contributed by atoms with Crippen LogP contribution in [0.15, 0.2) is 18.2 Å². The van der Waals surface area contributed by atoms with Crippen LogP contribution < -0.4 is 5.32 Å².